The van der Waals surface area contributed by atoms with Crippen LogP contribution >= 0.6 is 0 Å². The van der Waals surface area contributed by atoms with Crippen molar-refractivity contribution in [1.82, 2.24) is 15.1 Å². The molecule has 1 saturated heterocycles. The number of H-pyrrole nitrogens is 1. The van der Waals surface area contributed by atoms with Crippen molar-refractivity contribution < 1.29 is 4.79 Å². The summed E-state index contributed by atoms with van der Waals surface area (Å²) in [4.78, 5) is 13.9. The maximum Gasteiger partial charge on any atom is 0.248 e. The smallest absolute Gasteiger partial charge is 0.248 e. The maximum absolute atomic E-state index is 11.4. The first-order chi connectivity index (χ1) is 12.7. The van der Waals surface area contributed by atoms with E-state index in [1.165, 1.54) is 23.8 Å². The van der Waals surface area contributed by atoms with Crippen molar-refractivity contribution in [3.8, 4) is 0 Å². The van der Waals surface area contributed by atoms with Crippen LogP contribution in [0.1, 0.15) is 34.3 Å². The van der Waals surface area contributed by atoms with Crippen molar-refractivity contribution in [3.63, 3.8) is 0 Å². The fraction of sp³-hybridized carbons (Fsp3) is 0.333. The minimum atomic E-state index is -0.363. The molecule has 3 N–H and O–H groups in total. The third-order valence-corrected chi connectivity index (χ3v) is 5.25. The Morgan fingerprint density at radius 3 is 3.04 bits per heavy atom. The van der Waals surface area contributed by atoms with E-state index < -0.39 is 0 Å². The summed E-state index contributed by atoms with van der Waals surface area (Å²) in [5.41, 5.74) is 9.61. The SMILES string of the molecule is NC(=O)c1cccc(CN2CCCC(Cc3ccc4[nH]ncc4c3)C2)c1. The summed E-state index contributed by atoms with van der Waals surface area (Å²) in [6.45, 7) is 3.07. The number of aromatic amines is 1. The van der Waals surface area contributed by atoms with Crippen molar-refractivity contribution in [2.45, 2.75) is 25.8 Å². The molecule has 2 aromatic carbocycles. The number of carbonyl (C=O) groups excluding carboxylic acids is 1. The van der Waals surface area contributed by atoms with Gasteiger partial charge in [0.15, 0.2) is 0 Å². The highest BCUT2D eigenvalue weighted by molar-refractivity contribution is 5.92. The number of benzene rings is 2. The number of fused-ring (bicyclic) bond motifs is 1. The van der Waals surface area contributed by atoms with Crippen LogP contribution in [0.15, 0.2) is 48.7 Å². The Bertz CT molecular complexity index is 917. The van der Waals surface area contributed by atoms with Gasteiger partial charge in [0.25, 0.3) is 0 Å². The van der Waals surface area contributed by atoms with Gasteiger partial charge in [0.2, 0.25) is 5.91 Å². The van der Waals surface area contributed by atoms with Gasteiger partial charge in [-0.2, -0.15) is 5.10 Å². The van der Waals surface area contributed by atoms with Crippen molar-refractivity contribution in [1.29, 1.82) is 0 Å². The Morgan fingerprint density at radius 2 is 2.15 bits per heavy atom. The minimum absolute atomic E-state index is 0.363. The first-order valence-electron chi connectivity index (χ1n) is 9.20. The average Bonchev–Trinajstić information content (AvgIpc) is 3.10. The van der Waals surface area contributed by atoms with E-state index in [1.807, 2.05) is 18.3 Å². The molecule has 0 saturated carbocycles. The fourth-order valence-electron chi connectivity index (χ4n) is 4.00. The number of aromatic nitrogens is 2. The third-order valence-electron chi connectivity index (χ3n) is 5.25. The predicted octanol–water partition coefficient (Wildman–Crippen LogP) is 3.12. The van der Waals surface area contributed by atoms with E-state index in [1.54, 1.807) is 6.07 Å². The lowest BCUT2D eigenvalue weighted by molar-refractivity contribution is 0.1000. The highest BCUT2D eigenvalue weighted by Gasteiger charge is 2.20. The Morgan fingerprint density at radius 1 is 1.23 bits per heavy atom. The molecule has 2 heterocycles. The molecular weight excluding hydrogens is 324 g/mol. The van der Waals surface area contributed by atoms with Crippen molar-refractivity contribution in [2.24, 2.45) is 11.7 Å². The summed E-state index contributed by atoms with van der Waals surface area (Å²) in [5.74, 6) is 0.297. The molecule has 1 fully saturated rings. The van der Waals surface area contributed by atoms with Gasteiger partial charge in [0.05, 0.1) is 11.7 Å². The second-order valence-corrected chi connectivity index (χ2v) is 7.30. The summed E-state index contributed by atoms with van der Waals surface area (Å²) in [7, 11) is 0. The van der Waals surface area contributed by atoms with E-state index in [9.17, 15) is 4.79 Å². The average molecular weight is 348 g/mol. The highest BCUT2D eigenvalue weighted by atomic mass is 16.1. The lowest BCUT2D eigenvalue weighted by Gasteiger charge is -2.33. The van der Waals surface area contributed by atoms with E-state index in [-0.39, 0.29) is 5.91 Å². The second kappa shape index (κ2) is 7.30. The zero-order chi connectivity index (χ0) is 17.9. The van der Waals surface area contributed by atoms with Crippen LogP contribution in [0.5, 0.6) is 0 Å². The number of amides is 1. The molecule has 134 valence electrons. The molecule has 3 aromatic rings. The molecule has 0 spiro atoms. The number of hydrogen-bond acceptors (Lipinski definition) is 3. The first kappa shape index (κ1) is 16.8. The number of likely N-dealkylation sites (tertiary alicyclic amines) is 1. The monoisotopic (exact) mass is 348 g/mol. The number of rotatable bonds is 5. The van der Waals surface area contributed by atoms with Crippen LogP contribution in [-0.2, 0) is 13.0 Å². The van der Waals surface area contributed by atoms with E-state index in [4.69, 9.17) is 5.73 Å². The fourth-order valence-corrected chi connectivity index (χ4v) is 4.00. The predicted molar refractivity (Wildman–Crippen MR) is 103 cm³/mol. The number of piperidine rings is 1. The van der Waals surface area contributed by atoms with Gasteiger partial charge in [-0.05, 0) is 67.1 Å². The van der Waals surface area contributed by atoms with Crippen molar-refractivity contribution in [3.05, 3.63) is 65.4 Å². The highest BCUT2D eigenvalue weighted by Crippen LogP contribution is 2.24. The molecule has 4 rings (SSSR count). The van der Waals surface area contributed by atoms with Crippen LogP contribution in [0, 0.1) is 5.92 Å². The van der Waals surface area contributed by atoms with Crippen LogP contribution < -0.4 is 5.73 Å². The number of nitrogens with two attached hydrogens (primary N) is 1. The van der Waals surface area contributed by atoms with Gasteiger partial charge in [0.1, 0.15) is 0 Å². The molecule has 1 aliphatic heterocycles. The van der Waals surface area contributed by atoms with Gasteiger partial charge in [-0.3, -0.25) is 14.8 Å². The molecule has 1 aliphatic rings. The quantitative estimate of drug-likeness (QED) is 0.744. The maximum atomic E-state index is 11.4. The van der Waals surface area contributed by atoms with Crippen LogP contribution in [0.4, 0.5) is 0 Å². The molecule has 1 amide bonds. The summed E-state index contributed by atoms with van der Waals surface area (Å²) in [6, 6.07) is 14.2. The number of carbonyl (C=O) groups is 1. The standard InChI is InChI=1S/C21H24N4O/c22-21(26)18-5-1-3-17(11-18)14-25-8-2-4-16(13-25)9-15-6-7-20-19(10-15)12-23-24-20/h1,3,5-7,10-12,16H,2,4,8-9,13-14H2,(H2,22,26)(H,23,24). The van der Waals surface area contributed by atoms with Gasteiger partial charge < -0.3 is 5.73 Å². The number of hydrogen-bond donors (Lipinski definition) is 2. The van der Waals surface area contributed by atoms with E-state index in [2.05, 4.69) is 39.4 Å². The molecule has 26 heavy (non-hydrogen) atoms. The number of nitrogens with zero attached hydrogens (tertiary/aromatic N) is 2. The van der Waals surface area contributed by atoms with Crippen molar-refractivity contribution >= 4 is 16.8 Å². The summed E-state index contributed by atoms with van der Waals surface area (Å²) >= 11 is 0. The Kier molecular flexibility index (Phi) is 4.71. The minimum Gasteiger partial charge on any atom is -0.366 e. The zero-order valence-corrected chi connectivity index (χ0v) is 14.8. The largest absolute Gasteiger partial charge is 0.366 e. The van der Waals surface area contributed by atoms with E-state index in [0.717, 1.165) is 37.1 Å². The van der Waals surface area contributed by atoms with Crippen LogP contribution in [-0.4, -0.2) is 34.1 Å². The van der Waals surface area contributed by atoms with E-state index in [0.29, 0.717) is 11.5 Å². The zero-order valence-electron chi connectivity index (χ0n) is 14.8. The molecule has 1 atom stereocenters. The summed E-state index contributed by atoms with van der Waals surface area (Å²) < 4.78 is 0. The lowest BCUT2D eigenvalue weighted by Crippen LogP contribution is -2.35. The number of nitrogens with one attached hydrogen (secondary N) is 1. The van der Waals surface area contributed by atoms with Gasteiger partial charge in [-0.25, -0.2) is 0 Å². The molecular formula is C21H24N4O. The van der Waals surface area contributed by atoms with Gasteiger partial charge in [-0.1, -0.05) is 18.2 Å². The van der Waals surface area contributed by atoms with Crippen LogP contribution in [0.2, 0.25) is 0 Å². The van der Waals surface area contributed by atoms with Gasteiger partial charge in [0, 0.05) is 24.0 Å². The Hall–Kier alpha value is -2.66. The summed E-state index contributed by atoms with van der Waals surface area (Å²) in [5, 5.41) is 8.29. The Labute approximate surface area is 153 Å². The molecule has 0 radical (unpaired) electrons. The molecule has 5 heteroatoms. The Balaban J connectivity index is 1.40. The molecule has 5 nitrogen and oxygen atoms in total. The topological polar surface area (TPSA) is 75.0 Å². The molecule has 1 aromatic heterocycles. The van der Waals surface area contributed by atoms with Gasteiger partial charge in [-0.15, -0.1) is 0 Å². The molecule has 0 aliphatic carbocycles. The number of primary amides is 1. The lowest BCUT2D eigenvalue weighted by atomic mass is 9.90. The summed E-state index contributed by atoms with van der Waals surface area (Å²) in [6.07, 6.45) is 5.46. The van der Waals surface area contributed by atoms with Crippen molar-refractivity contribution in [2.75, 3.05) is 13.1 Å². The van der Waals surface area contributed by atoms with Crippen LogP contribution in [0.25, 0.3) is 10.9 Å². The normalized spacial score (nSPS) is 18.2. The molecule has 0 bridgehead atoms. The molecule has 1 unspecified atom stereocenters. The van der Waals surface area contributed by atoms with Crippen LogP contribution in [0.3, 0.4) is 0 Å². The third kappa shape index (κ3) is 3.78. The first-order valence-corrected chi connectivity index (χ1v) is 9.20. The van der Waals surface area contributed by atoms with E-state index >= 15 is 0 Å². The second-order valence-electron chi connectivity index (χ2n) is 7.30. The van der Waals surface area contributed by atoms with Gasteiger partial charge >= 0.3 is 0 Å².